The van der Waals surface area contributed by atoms with E-state index >= 15 is 0 Å². The highest BCUT2D eigenvalue weighted by Crippen LogP contribution is 2.32. The second-order valence-electron chi connectivity index (χ2n) is 5.76. The Morgan fingerprint density at radius 2 is 2.16 bits per heavy atom. The van der Waals surface area contributed by atoms with E-state index in [-0.39, 0.29) is 0 Å². The van der Waals surface area contributed by atoms with Crippen LogP contribution in [-0.2, 0) is 0 Å². The Balaban J connectivity index is 1.81. The van der Waals surface area contributed by atoms with Gasteiger partial charge in [-0.25, -0.2) is 0 Å². The first-order chi connectivity index (χ1) is 9.13. The minimum atomic E-state index is 0.453. The van der Waals surface area contributed by atoms with Crippen molar-refractivity contribution in [3.63, 3.8) is 0 Å². The Labute approximate surface area is 113 Å². The molecule has 1 aliphatic carbocycles. The molecule has 0 bridgehead atoms. The van der Waals surface area contributed by atoms with Gasteiger partial charge in [0.25, 0.3) is 6.01 Å². The molecule has 3 N–H and O–H groups in total. The second kappa shape index (κ2) is 4.76. The van der Waals surface area contributed by atoms with Gasteiger partial charge in [-0.3, -0.25) is 0 Å². The maximum atomic E-state index is 5.76. The summed E-state index contributed by atoms with van der Waals surface area (Å²) in [6, 6.07) is 6.62. The van der Waals surface area contributed by atoms with E-state index < -0.39 is 0 Å². The predicted molar refractivity (Wildman–Crippen MR) is 78.0 cm³/mol. The molecule has 1 aromatic heterocycles. The van der Waals surface area contributed by atoms with Gasteiger partial charge >= 0.3 is 0 Å². The van der Waals surface area contributed by atoms with Gasteiger partial charge in [0, 0.05) is 11.7 Å². The zero-order valence-electron chi connectivity index (χ0n) is 11.5. The molecular weight excluding hydrogens is 238 g/mol. The molecule has 3 unspecified atom stereocenters. The van der Waals surface area contributed by atoms with Crippen LogP contribution in [0.15, 0.2) is 22.6 Å². The molecule has 0 aliphatic heterocycles. The summed E-state index contributed by atoms with van der Waals surface area (Å²) < 4.78 is 5.73. The molecule has 1 heterocycles. The number of fused-ring (bicyclic) bond motifs is 1. The van der Waals surface area contributed by atoms with Gasteiger partial charge in [0.15, 0.2) is 5.58 Å². The van der Waals surface area contributed by atoms with E-state index in [1.165, 1.54) is 19.3 Å². The average Bonchev–Trinajstić information content (AvgIpc) is 2.76. The molecule has 2 aromatic rings. The third-order valence-corrected chi connectivity index (χ3v) is 4.43. The van der Waals surface area contributed by atoms with Gasteiger partial charge in [-0.05, 0) is 36.5 Å². The minimum absolute atomic E-state index is 0.453. The van der Waals surface area contributed by atoms with Crippen LogP contribution in [0.3, 0.4) is 0 Å². The number of aromatic nitrogens is 1. The number of rotatable bonds is 2. The van der Waals surface area contributed by atoms with E-state index in [1.54, 1.807) is 0 Å². The minimum Gasteiger partial charge on any atom is -0.424 e. The lowest BCUT2D eigenvalue weighted by Gasteiger charge is -2.34. The zero-order valence-corrected chi connectivity index (χ0v) is 11.5. The van der Waals surface area contributed by atoms with Crippen LogP contribution >= 0.6 is 0 Å². The molecular formula is C15H21N3O. The van der Waals surface area contributed by atoms with Gasteiger partial charge in [-0.15, -0.1) is 0 Å². The Kier molecular flexibility index (Phi) is 3.09. The number of nitrogens with one attached hydrogen (secondary N) is 1. The molecule has 4 heteroatoms. The average molecular weight is 259 g/mol. The lowest BCUT2D eigenvalue weighted by molar-refractivity contribution is 0.250. The van der Waals surface area contributed by atoms with Crippen LogP contribution in [0, 0.1) is 11.8 Å². The highest BCUT2D eigenvalue weighted by molar-refractivity contribution is 5.78. The van der Waals surface area contributed by atoms with E-state index in [4.69, 9.17) is 10.2 Å². The van der Waals surface area contributed by atoms with Crippen molar-refractivity contribution in [2.24, 2.45) is 11.8 Å². The Bertz CT molecular complexity index is 578. The van der Waals surface area contributed by atoms with E-state index in [1.807, 2.05) is 18.2 Å². The van der Waals surface area contributed by atoms with Gasteiger partial charge in [-0.2, -0.15) is 4.98 Å². The van der Waals surface area contributed by atoms with Gasteiger partial charge in [0.1, 0.15) is 5.52 Å². The van der Waals surface area contributed by atoms with Crippen molar-refractivity contribution in [3.05, 3.63) is 18.2 Å². The monoisotopic (exact) mass is 259 g/mol. The quantitative estimate of drug-likeness (QED) is 0.808. The molecule has 0 amide bonds. The normalized spacial score (nSPS) is 27.6. The van der Waals surface area contributed by atoms with Gasteiger partial charge in [0.05, 0.1) is 0 Å². The summed E-state index contributed by atoms with van der Waals surface area (Å²) >= 11 is 0. The number of oxazole rings is 1. The molecule has 3 rings (SSSR count). The van der Waals surface area contributed by atoms with Crippen molar-refractivity contribution >= 4 is 22.8 Å². The summed E-state index contributed by atoms with van der Waals surface area (Å²) in [6.07, 6.45) is 3.78. The Morgan fingerprint density at radius 1 is 1.32 bits per heavy atom. The first-order valence-corrected chi connectivity index (χ1v) is 7.06. The number of nitrogens with zero attached hydrogens (tertiary/aromatic N) is 1. The Hall–Kier alpha value is -1.71. The fraction of sp³-hybridized carbons (Fsp3) is 0.533. The maximum absolute atomic E-state index is 5.76. The second-order valence-corrected chi connectivity index (χ2v) is 5.76. The van der Waals surface area contributed by atoms with Crippen molar-refractivity contribution in [1.82, 2.24) is 4.98 Å². The highest BCUT2D eigenvalue weighted by atomic mass is 16.4. The van der Waals surface area contributed by atoms with Crippen LogP contribution in [0.4, 0.5) is 11.7 Å². The van der Waals surface area contributed by atoms with Crippen LogP contribution in [0.5, 0.6) is 0 Å². The molecule has 102 valence electrons. The lowest BCUT2D eigenvalue weighted by Crippen LogP contribution is -2.35. The smallest absolute Gasteiger partial charge is 0.295 e. The van der Waals surface area contributed by atoms with E-state index in [9.17, 15) is 0 Å². The summed E-state index contributed by atoms with van der Waals surface area (Å²) in [7, 11) is 0. The number of benzene rings is 1. The van der Waals surface area contributed by atoms with Crippen LogP contribution in [0.1, 0.15) is 33.1 Å². The molecule has 1 fully saturated rings. The standard InChI is InChI=1S/C15H21N3O/c1-9-4-3-5-12(10(9)2)17-15-18-13-8-11(16)6-7-14(13)19-15/h6-10,12H,3-5,16H2,1-2H3,(H,17,18). The fourth-order valence-electron chi connectivity index (χ4n) is 2.95. The summed E-state index contributed by atoms with van der Waals surface area (Å²) in [5, 5.41) is 3.45. The SMILES string of the molecule is CC1CCCC(Nc2nc3cc(N)ccc3o2)C1C. The number of hydrogen-bond acceptors (Lipinski definition) is 4. The van der Waals surface area contributed by atoms with Gasteiger partial charge in [0.2, 0.25) is 0 Å². The zero-order chi connectivity index (χ0) is 13.4. The molecule has 1 saturated carbocycles. The third kappa shape index (κ3) is 2.39. The maximum Gasteiger partial charge on any atom is 0.295 e. The molecule has 0 radical (unpaired) electrons. The number of nitrogen functional groups attached to an aromatic ring is 1. The van der Waals surface area contributed by atoms with E-state index in [2.05, 4.69) is 24.1 Å². The van der Waals surface area contributed by atoms with Crippen molar-refractivity contribution < 1.29 is 4.42 Å². The topological polar surface area (TPSA) is 64.1 Å². The molecule has 0 saturated heterocycles. The summed E-state index contributed by atoms with van der Waals surface area (Å²) in [5.74, 6) is 1.40. The largest absolute Gasteiger partial charge is 0.424 e. The van der Waals surface area contributed by atoms with Crippen molar-refractivity contribution in [2.75, 3.05) is 11.1 Å². The summed E-state index contributed by atoms with van der Waals surface area (Å²) in [6.45, 7) is 4.63. The number of hydrogen-bond donors (Lipinski definition) is 2. The van der Waals surface area contributed by atoms with Crippen LogP contribution < -0.4 is 11.1 Å². The summed E-state index contributed by atoms with van der Waals surface area (Å²) in [4.78, 5) is 4.47. The van der Waals surface area contributed by atoms with Crippen LogP contribution in [0.25, 0.3) is 11.1 Å². The predicted octanol–water partition coefficient (Wildman–Crippen LogP) is 3.65. The fourth-order valence-corrected chi connectivity index (χ4v) is 2.95. The van der Waals surface area contributed by atoms with E-state index in [0.717, 1.165) is 17.0 Å². The van der Waals surface area contributed by atoms with Gasteiger partial charge < -0.3 is 15.5 Å². The molecule has 0 spiro atoms. The molecule has 19 heavy (non-hydrogen) atoms. The van der Waals surface area contributed by atoms with Crippen LogP contribution in [-0.4, -0.2) is 11.0 Å². The van der Waals surface area contributed by atoms with Crippen LogP contribution in [0.2, 0.25) is 0 Å². The van der Waals surface area contributed by atoms with Crippen molar-refractivity contribution in [3.8, 4) is 0 Å². The molecule has 4 nitrogen and oxygen atoms in total. The third-order valence-electron chi connectivity index (χ3n) is 4.43. The van der Waals surface area contributed by atoms with E-state index in [0.29, 0.717) is 23.7 Å². The van der Waals surface area contributed by atoms with Crippen molar-refractivity contribution in [1.29, 1.82) is 0 Å². The molecule has 3 atom stereocenters. The first kappa shape index (κ1) is 12.3. The molecule has 1 aliphatic rings. The van der Waals surface area contributed by atoms with Gasteiger partial charge in [-0.1, -0.05) is 26.7 Å². The first-order valence-electron chi connectivity index (χ1n) is 7.06. The number of anilines is 2. The Morgan fingerprint density at radius 3 is 3.00 bits per heavy atom. The lowest BCUT2D eigenvalue weighted by atomic mass is 9.78. The van der Waals surface area contributed by atoms with Crippen molar-refractivity contribution in [2.45, 2.75) is 39.2 Å². The molecule has 1 aromatic carbocycles. The highest BCUT2D eigenvalue weighted by Gasteiger charge is 2.27. The number of nitrogens with two attached hydrogens (primary N) is 1. The summed E-state index contributed by atoms with van der Waals surface area (Å²) in [5.41, 5.74) is 8.07.